The van der Waals surface area contributed by atoms with E-state index in [2.05, 4.69) is 30.3 Å². The van der Waals surface area contributed by atoms with Gasteiger partial charge in [0.05, 0.1) is 12.7 Å². The number of hydrogen-bond donors (Lipinski definition) is 2. The lowest BCUT2D eigenvalue weighted by Gasteiger charge is -2.35. The number of alkyl halides is 3. The maximum atomic E-state index is 13.3. The predicted molar refractivity (Wildman–Crippen MR) is 144 cm³/mol. The van der Waals surface area contributed by atoms with Gasteiger partial charge in [-0.25, -0.2) is 9.97 Å². The fraction of sp³-hybridized carbons (Fsp3) is 0.296. The molecule has 1 aromatic carbocycles. The average Bonchev–Trinajstić information content (AvgIpc) is 3.31. The summed E-state index contributed by atoms with van der Waals surface area (Å²) >= 11 is 0. The van der Waals surface area contributed by atoms with Gasteiger partial charge < -0.3 is 20.3 Å². The zero-order valence-corrected chi connectivity index (χ0v) is 22.0. The molecule has 4 heterocycles. The molecule has 2 N–H and O–H groups in total. The third-order valence-electron chi connectivity index (χ3n) is 6.50. The second-order valence-electron chi connectivity index (χ2n) is 9.42. The number of amides is 2. The number of benzene rings is 1. The molecule has 1 atom stereocenters. The van der Waals surface area contributed by atoms with Crippen LogP contribution in [0.5, 0.6) is 5.75 Å². The topological polar surface area (TPSA) is 117 Å². The van der Waals surface area contributed by atoms with Gasteiger partial charge in [0.1, 0.15) is 29.1 Å². The molecular weight excluding hydrogens is 541 g/mol. The molecule has 1 aliphatic rings. The van der Waals surface area contributed by atoms with E-state index in [-0.39, 0.29) is 24.1 Å². The number of piperazine rings is 1. The summed E-state index contributed by atoms with van der Waals surface area (Å²) in [5.41, 5.74) is 1.47. The first-order valence-corrected chi connectivity index (χ1v) is 12.8. The molecule has 3 aromatic heterocycles. The minimum absolute atomic E-state index is 0.133. The molecule has 0 aliphatic carbocycles. The molecule has 1 saturated heterocycles. The van der Waals surface area contributed by atoms with Crippen LogP contribution in [0.2, 0.25) is 0 Å². The van der Waals surface area contributed by atoms with Gasteiger partial charge in [-0.3, -0.25) is 23.9 Å². The van der Waals surface area contributed by atoms with Crippen molar-refractivity contribution >= 4 is 29.1 Å². The lowest BCUT2D eigenvalue weighted by Crippen LogP contribution is -2.53. The number of anilines is 2. The van der Waals surface area contributed by atoms with Crippen molar-refractivity contribution in [2.75, 3.05) is 43.4 Å². The number of hydrogen-bond acceptors (Lipinski definition) is 8. The van der Waals surface area contributed by atoms with Gasteiger partial charge in [0.2, 0.25) is 11.8 Å². The van der Waals surface area contributed by atoms with Crippen LogP contribution in [0.3, 0.4) is 0 Å². The van der Waals surface area contributed by atoms with E-state index in [1.165, 1.54) is 24.3 Å². The molecule has 1 aliphatic heterocycles. The number of fused-ring (bicyclic) bond motifs is 1. The van der Waals surface area contributed by atoms with E-state index in [0.717, 1.165) is 0 Å². The normalized spacial score (nSPS) is 15.0. The molecular formula is C27H27F3N8O3. The lowest BCUT2D eigenvalue weighted by atomic mass is 10.1. The van der Waals surface area contributed by atoms with Gasteiger partial charge >= 0.3 is 6.36 Å². The van der Waals surface area contributed by atoms with Gasteiger partial charge in [-0.15, -0.1) is 13.2 Å². The first kappa shape index (κ1) is 27.8. The third-order valence-corrected chi connectivity index (χ3v) is 6.50. The SMILES string of the molecule is C[C@@H](Nc1c(-c2ccc(OC(F)(F)F)cc2)nc2cnccn12)C(=O)N1CCN(CC(=O)Nc2ccccn2)CC1. The number of aromatic nitrogens is 4. The van der Waals surface area contributed by atoms with Crippen LogP contribution in [-0.2, 0) is 9.59 Å². The van der Waals surface area contributed by atoms with Gasteiger partial charge in [-0.1, -0.05) is 6.07 Å². The first-order chi connectivity index (χ1) is 19.7. The minimum Gasteiger partial charge on any atom is -0.406 e. The zero-order valence-electron chi connectivity index (χ0n) is 22.0. The largest absolute Gasteiger partial charge is 0.573 e. The fourth-order valence-electron chi connectivity index (χ4n) is 4.55. The minimum atomic E-state index is -4.80. The summed E-state index contributed by atoms with van der Waals surface area (Å²) in [5, 5.41) is 6.00. The molecule has 5 rings (SSSR count). The van der Waals surface area contributed by atoms with E-state index >= 15 is 0 Å². The summed E-state index contributed by atoms with van der Waals surface area (Å²) in [7, 11) is 0. The van der Waals surface area contributed by atoms with Crippen LogP contribution >= 0.6 is 0 Å². The Morgan fingerprint density at radius 3 is 2.49 bits per heavy atom. The Morgan fingerprint density at radius 1 is 1.05 bits per heavy atom. The summed E-state index contributed by atoms with van der Waals surface area (Å²) in [5.74, 6) is 0.326. The predicted octanol–water partition coefficient (Wildman–Crippen LogP) is 3.27. The highest BCUT2D eigenvalue weighted by molar-refractivity contribution is 5.91. The highest BCUT2D eigenvalue weighted by Crippen LogP contribution is 2.31. The summed E-state index contributed by atoms with van der Waals surface area (Å²) in [6, 6.07) is 9.98. The van der Waals surface area contributed by atoms with Crippen LogP contribution < -0.4 is 15.4 Å². The van der Waals surface area contributed by atoms with Crippen LogP contribution in [0.4, 0.5) is 24.8 Å². The van der Waals surface area contributed by atoms with E-state index < -0.39 is 12.4 Å². The van der Waals surface area contributed by atoms with Gasteiger partial charge in [0.25, 0.3) is 0 Å². The van der Waals surface area contributed by atoms with Crippen LogP contribution in [0.15, 0.2) is 67.3 Å². The molecule has 14 heteroatoms. The van der Waals surface area contributed by atoms with Crippen molar-refractivity contribution in [3.8, 4) is 17.0 Å². The monoisotopic (exact) mass is 568 g/mol. The number of carbonyl (C=O) groups is 2. The Balaban J connectivity index is 1.23. The van der Waals surface area contributed by atoms with E-state index in [0.29, 0.717) is 54.7 Å². The molecule has 2 amide bonds. The van der Waals surface area contributed by atoms with Gasteiger partial charge in [-0.05, 0) is 43.3 Å². The van der Waals surface area contributed by atoms with Crippen LogP contribution in [0.25, 0.3) is 16.9 Å². The van der Waals surface area contributed by atoms with Crippen molar-refractivity contribution in [2.45, 2.75) is 19.3 Å². The van der Waals surface area contributed by atoms with E-state index in [1.54, 1.807) is 59.2 Å². The maximum Gasteiger partial charge on any atom is 0.573 e. The van der Waals surface area contributed by atoms with Crippen molar-refractivity contribution in [1.29, 1.82) is 0 Å². The van der Waals surface area contributed by atoms with Crippen molar-refractivity contribution in [2.24, 2.45) is 0 Å². The van der Waals surface area contributed by atoms with Crippen molar-refractivity contribution < 1.29 is 27.5 Å². The molecule has 0 radical (unpaired) electrons. The number of nitrogens with one attached hydrogen (secondary N) is 2. The zero-order chi connectivity index (χ0) is 29.0. The maximum absolute atomic E-state index is 13.3. The van der Waals surface area contributed by atoms with Gasteiger partial charge in [0, 0.05) is 50.3 Å². The number of pyridine rings is 1. The van der Waals surface area contributed by atoms with E-state index in [1.807, 2.05) is 4.90 Å². The Hall–Kier alpha value is -4.72. The summed E-state index contributed by atoms with van der Waals surface area (Å²) in [6.45, 7) is 3.90. The molecule has 214 valence electrons. The number of imidazole rings is 1. The number of rotatable bonds is 8. The second kappa shape index (κ2) is 11.8. The molecule has 4 aromatic rings. The van der Waals surface area contributed by atoms with Crippen molar-refractivity contribution in [3.05, 3.63) is 67.3 Å². The van der Waals surface area contributed by atoms with Gasteiger partial charge in [0.15, 0.2) is 5.65 Å². The number of nitrogens with zero attached hydrogens (tertiary/aromatic N) is 6. The van der Waals surface area contributed by atoms with Crippen LogP contribution in [0.1, 0.15) is 6.92 Å². The van der Waals surface area contributed by atoms with Crippen molar-refractivity contribution in [1.82, 2.24) is 29.2 Å². The molecule has 41 heavy (non-hydrogen) atoms. The number of halogens is 3. The highest BCUT2D eigenvalue weighted by Gasteiger charge is 2.31. The first-order valence-electron chi connectivity index (χ1n) is 12.8. The fourth-order valence-corrected chi connectivity index (χ4v) is 4.55. The molecule has 0 saturated carbocycles. The third kappa shape index (κ3) is 6.90. The molecule has 0 unspecified atom stereocenters. The molecule has 1 fully saturated rings. The quantitative estimate of drug-likeness (QED) is 0.333. The highest BCUT2D eigenvalue weighted by atomic mass is 19.4. The Labute approximate surface area is 233 Å². The molecule has 0 spiro atoms. The Bertz CT molecular complexity index is 1500. The van der Waals surface area contributed by atoms with E-state index in [4.69, 9.17) is 0 Å². The number of carbonyl (C=O) groups excluding carboxylic acids is 2. The van der Waals surface area contributed by atoms with Crippen molar-refractivity contribution in [3.63, 3.8) is 0 Å². The summed E-state index contributed by atoms with van der Waals surface area (Å²) < 4.78 is 43.5. The average molecular weight is 569 g/mol. The molecule has 0 bridgehead atoms. The van der Waals surface area contributed by atoms with Crippen LogP contribution in [-0.4, -0.2) is 86.1 Å². The second-order valence-corrected chi connectivity index (χ2v) is 9.42. The van der Waals surface area contributed by atoms with E-state index in [9.17, 15) is 22.8 Å². The molecule has 11 nitrogen and oxygen atoms in total. The summed E-state index contributed by atoms with van der Waals surface area (Å²) in [4.78, 5) is 42.2. The number of ether oxygens (including phenoxy) is 1. The Morgan fingerprint density at radius 2 is 1.80 bits per heavy atom. The Kier molecular flexibility index (Phi) is 8.01. The standard InChI is InChI=1S/C27H27F3N8O3/c1-18(26(40)37-14-12-36(13-15-37)17-23(39)34-21-4-2-3-9-32-21)33-25-24(35-22-16-31-10-11-38(22)25)19-5-7-20(8-6-19)41-27(28,29)30/h2-11,16,18,33H,12-15,17H2,1H3,(H,32,34,39)/t18-/m1/s1. The smallest absolute Gasteiger partial charge is 0.406 e. The summed E-state index contributed by atoms with van der Waals surface area (Å²) in [6.07, 6.45) is 1.61. The van der Waals surface area contributed by atoms with Gasteiger partial charge in [-0.2, -0.15) is 0 Å². The lowest BCUT2D eigenvalue weighted by molar-refractivity contribution is -0.274. The van der Waals surface area contributed by atoms with Crippen LogP contribution in [0, 0.1) is 0 Å².